The molecule has 6 heteroatoms. The Balaban J connectivity index is 1.74. The number of hydrogen-bond donors (Lipinski definition) is 2. The molecule has 2 N–H and O–H groups in total. The van der Waals surface area contributed by atoms with E-state index in [0.717, 1.165) is 21.6 Å². The van der Waals surface area contributed by atoms with E-state index in [9.17, 15) is 14.4 Å². The van der Waals surface area contributed by atoms with Crippen LogP contribution in [-0.2, 0) is 15.1 Å². The summed E-state index contributed by atoms with van der Waals surface area (Å²) in [5.74, 6) is -0.860. The monoisotopic (exact) mass is 365 g/mol. The summed E-state index contributed by atoms with van der Waals surface area (Å²) in [6, 6.07) is 12.4. The molecule has 0 spiro atoms. The molecule has 1 aliphatic heterocycles. The zero-order valence-corrected chi connectivity index (χ0v) is 15.9. The van der Waals surface area contributed by atoms with Gasteiger partial charge in [-0.2, -0.15) is 0 Å². The first-order chi connectivity index (χ1) is 12.7. The van der Waals surface area contributed by atoms with Crippen molar-refractivity contribution in [2.75, 3.05) is 11.9 Å². The molecule has 27 heavy (non-hydrogen) atoms. The van der Waals surface area contributed by atoms with Crippen LogP contribution < -0.4 is 10.6 Å². The van der Waals surface area contributed by atoms with Crippen LogP contribution in [0.15, 0.2) is 42.5 Å². The summed E-state index contributed by atoms with van der Waals surface area (Å²) in [4.78, 5) is 38.5. The summed E-state index contributed by atoms with van der Waals surface area (Å²) in [7, 11) is 0. The fourth-order valence-electron chi connectivity index (χ4n) is 3.09. The minimum atomic E-state index is -1.18. The van der Waals surface area contributed by atoms with Crippen LogP contribution in [0.2, 0.25) is 0 Å². The largest absolute Gasteiger partial charge is 0.325 e. The van der Waals surface area contributed by atoms with Crippen LogP contribution in [0, 0.1) is 20.8 Å². The minimum absolute atomic E-state index is 0.334. The molecule has 1 atom stereocenters. The number of amides is 4. The predicted octanol–water partition coefficient (Wildman–Crippen LogP) is 3.02. The fraction of sp³-hybridized carbons (Fsp3) is 0.286. The van der Waals surface area contributed by atoms with Crippen LogP contribution in [0.3, 0.4) is 0 Å². The second-order valence-electron chi connectivity index (χ2n) is 7.16. The second kappa shape index (κ2) is 6.87. The first kappa shape index (κ1) is 18.6. The van der Waals surface area contributed by atoms with Gasteiger partial charge in [-0.25, -0.2) is 4.79 Å². The molecule has 0 unspecified atom stereocenters. The summed E-state index contributed by atoms with van der Waals surface area (Å²) in [5.41, 5.74) is 3.38. The number of urea groups is 1. The third kappa shape index (κ3) is 3.56. The Morgan fingerprint density at radius 3 is 2.33 bits per heavy atom. The first-order valence-electron chi connectivity index (χ1n) is 8.79. The molecule has 0 saturated carbocycles. The Morgan fingerprint density at radius 1 is 1.04 bits per heavy atom. The van der Waals surface area contributed by atoms with Crippen LogP contribution in [0.4, 0.5) is 10.5 Å². The number of rotatable bonds is 4. The summed E-state index contributed by atoms with van der Waals surface area (Å²) in [6.07, 6.45) is 0. The molecular weight excluding hydrogens is 342 g/mol. The fourth-order valence-corrected chi connectivity index (χ4v) is 3.09. The van der Waals surface area contributed by atoms with Crippen molar-refractivity contribution in [3.8, 4) is 0 Å². The molecule has 2 aromatic rings. The molecule has 140 valence electrons. The number of benzene rings is 2. The van der Waals surface area contributed by atoms with Crippen LogP contribution in [0.5, 0.6) is 0 Å². The van der Waals surface area contributed by atoms with Crippen molar-refractivity contribution in [2.45, 2.75) is 33.2 Å². The molecule has 6 nitrogen and oxygen atoms in total. The summed E-state index contributed by atoms with van der Waals surface area (Å²) >= 11 is 0. The van der Waals surface area contributed by atoms with Crippen molar-refractivity contribution in [1.29, 1.82) is 0 Å². The lowest BCUT2D eigenvalue weighted by molar-refractivity contribution is -0.133. The van der Waals surface area contributed by atoms with Gasteiger partial charge in [-0.15, -0.1) is 0 Å². The van der Waals surface area contributed by atoms with E-state index in [4.69, 9.17) is 0 Å². The van der Waals surface area contributed by atoms with E-state index in [2.05, 4.69) is 10.6 Å². The van der Waals surface area contributed by atoms with Gasteiger partial charge >= 0.3 is 6.03 Å². The van der Waals surface area contributed by atoms with Crippen molar-refractivity contribution < 1.29 is 14.4 Å². The predicted molar refractivity (Wildman–Crippen MR) is 103 cm³/mol. The highest BCUT2D eigenvalue weighted by molar-refractivity contribution is 6.10. The lowest BCUT2D eigenvalue weighted by Crippen LogP contribution is -2.42. The molecular formula is C21H23N3O3. The van der Waals surface area contributed by atoms with Gasteiger partial charge in [0.15, 0.2) is 0 Å². The number of carbonyl (C=O) groups is 3. The van der Waals surface area contributed by atoms with Gasteiger partial charge in [0.2, 0.25) is 5.91 Å². The zero-order chi connectivity index (χ0) is 19.8. The van der Waals surface area contributed by atoms with E-state index >= 15 is 0 Å². The van der Waals surface area contributed by atoms with Crippen molar-refractivity contribution >= 4 is 23.5 Å². The maximum Gasteiger partial charge on any atom is 0.325 e. The second-order valence-corrected chi connectivity index (χ2v) is 7.16. The molecule has 0 bridgehead atoms. The van der Waals surface area contributed by atoms with Crippen LogP contribution in [0.1, 0.15) is 29.2 Å². The first-order valence-corrected chi connectivity index (χ1v) is 8.79. The lowest BCUT2D eigenvalue weighted by atomic mass is 9.91. The highest BCUT2D eigenvalue weighted by atomic mass is 16.2. The lowest BCUT2D eigenvalue weighted by Gasteiger charge is -2.22. The van der Waals surface area contributed by atoms with Crippen molar-refractivity contribution in [2.24, 2.45) is 0 Å². The molecule has 1 heterocycles. The topological polar surface area (TPSA) is 78.5 Å². The number of hydrogen-bond acceptors (Lipinski definition) is 3. The van der Waals surface area contributed by atoms with Crippen molar-refractivity contribution in [1.82, 2.24) is 10.2 Å². The molecule has 1 fully saturated rings. The zero-order valence-electron chi connectivity index (χ0n) is 15.9. The van der Waals surface area contributed by atoms with Gasteiger partial charge < -0.3 is 10.6 Å². The van der Waals surface area contributed by atoms with E-state index in [1.165, 1.54) is 0 Å². The summed E-state index contributed by atoms with van der Waals surface area (Å²) in [5, 5.41) is 5.45. The number of nitrogens with one attached hydrogen (secondary N) is 2. The van der Waals surface area contributed by atoms with E-state index in [-0.39, 0.29) is 6.54 Å². The Morgan fingerprint density at radius 2 is 1.70 bits per heavy atom. The SMILES string of the molecule is Cc1ccc([C@]2(C)NC(=O)N(CC(=O)Nc3ccc(C)c(C)c3)C2=O)cc1. The van der Waals surface area contributed by atoms with Gasteiger partial charge in [-0.05, 0) is 56.5 Å². The van der Waals surface area contributed by atoms with E-state index in [1.54, 1.807) is 13.0 Å². The molecule has 4 amide bonds. The molecule has 1 aliphatic rings. The molecule has 3 rings (SSSR count). The van der Waals surface area contributed by atoms with E-state index in [1.807, 2.05) is 57.2 Å². The number of imide groups is 1. The molecule has 2 aromatic carbocycles. The molecule has 0 aromatic heterocycles. The van der Waals surface area contributed by atoms with Gasteiger partial charge in [0.05, 0.1) is 0 Å². The van der Waals surface area contributed by atoms with Crippen LogP contribution in [-0.4, -0.2) is 29.3 Å². The van der Waals surface area contributed by atoms with Crippen molar-refractivity contribution in [3.05, 3.63) is 64.7 Å². The van der Waals surface area contributed by atoms with Crippen LogP contribution >= 0.6 is 0 Å². The summed E-state index contributed by atoms with van der Waals surface area (Å²) in [6.45, 7) is 7.21. The molecule has 1 saturated heterocycles. The quantitative estimate of drug-likeness (QED) is 0.818. The number of anilines is 1. The average molecular weight is 365 g/mol. The third-order valence-corrected chi connectivity index (χ3v) is 5.00. The minimum Gasteiger partial charge on any atom is -0.325 e. The van der Waals surface area contributed by atoms with Gasteiger partial charge in [0, 0.05) is 5.69 Å². The average Bonchev–Trinajstić information content (AvgIpc) is 2.83. The van der Waals surface area contributed by atoms with Crippen LogP contribution in [0.25, 0.3) is 0 Å². The van der Waals surface area contributed by atoms with Gasteiger partial charge in [0.25, 0.3) is 5.91 Å². The molecule has 0 radical (unpaired) electrons. The van der Waals surface area contributed by atoms with Crippen molar-refractivity contribution in [3.63, 3.8) is 0 Å². The Labute approximate surface area is 158 Å². The van der Waals surface area contributed by atoms with E-state index in [0.29, 0.717) is 11.3 Å². The van der Waals surface area contributed by atoms with Gasteiger partial charge in [0.1, 0.15) is 12.1 Å². The maximum absolute atomic E-state index is 12.9. The normalized spacial score (nSPS) is 19.2. The smallest absolute Gasteiger partial charge is 0.325 e. The third-order valence-electron chi connectivity index (χ3n) is 5.00. The number of aryl methyl sites for hydroxylation is 3. The summed E-state index contributed by atoms with van der Waals surface area (Å²) < 4.78 is 0. The van der Waals surface area contributed by atoms with Gasteiger partial charge in [-0.3, -0.25) is 14.5 Å². The number of carbonyl (C=O) groups excluding carboxylic acids is 3. The Hall–Kier alpha value is -3.15. The molecule has 0 aliphatic carbocycles. The highest BCUT2D eigenvalue weighted by Crippen LogP contribution is 2.29. The Kier molecular flexibility index (Phi) is 4.74. The highest BCUT2D eigenvalue weighted by Gasteiger charge is 2.49. The van der Waals surface area contributed by atoms with E-state index < -0.39 is 23.4 Å². The standard InChI is InChI=1S/C21H23N3O3/c1-13-5-8-16(9-6-13)21(4)19(26)24(20(27)23-21)12-18(25)22-17-10-7-14(2)15(3)11-17/h5-11H,12H2,1-4H3,(H,22,25)(H,23,27)/t21-/m0/s1. The van der Waals surface area contributed by atoms with Gasteiger partial charge in [-0.1, -0.05) is 35.9 Å². The Bertz CT molecular complexity index is 921. The maximum atomic E-state index is 12.9. The number of nitrogens with zero attached hydrogens (tertiary/aromatic N) is 1.